The topological polar surface area (TPSA) is 67.4 Å². The second-order valence-electron chi connectivity index (χ2n) is 6.33. The van der Waals surface area contributed by atoms with Crippen molar-refractivity contribution in [1.82, 2.24) is 10.6 Å². The maximum atomic E-state index is 12.8. The highest BCUT2D eigenvalue weighted by Gasteiger charge is 2.42. The summed E-state index contributed by atoms with van der Waals surface area (Å²) in [6, 6.07) is -1.30. The van der Waals surface area contributed by atoms with Crippen LogP contribution in [0.1, 0.15) is 39.5 Å². The molecule has 0 aromatic heterocycles. The third-order valence-corrected chi connectivity index (χ3v) is 4.02. The quantitative estimate of drug-likeness (QED) is 0.778. The molecule has 23 heavy (non-hydrogen) atoms. The van der Waals surface area contributed by atoms with Crippen molar-refractivity contribution in [3.8, 4) is 0 Å². The first-order valence-electron chi connectivity index (χ1n) is 7.80. The van der Waals surface area contributed by atoms with Crippen molar-refractivity contribution < 1.29 is 27.5 Å². The molecule has 3 atom stereocenters. The average molecular weight is 338 g/mol. The normalized spacial score (nSPS) is 23.4. The second-order valence-corrected chi connectivity index (χ2v) is 6.33. The van der Waals surface area contributed by atoms with Gasteiger partial charge in [-0.25, -0.2) is 0 Å². The summed E-state index contributed by atoms with van der Waals surface area (Å²) in [5.41, 5.74) is 0. The maximum absolute atomic E-state index is 12.8. The van der Waals surface area contributed by atoms with Crippen LogP contribution in [0.15, 0.2) is 0 Å². The van der Waals surface area contributed by atoms with E-state index in [9.17, 15) is 22.8 Å². The molecule has 0 bridgehead atoms. The predicted octanol–water partition coefficient (Wildman–Crippen LogP) is 2.01. The summed E-state index contributed by atoms with van der Waals surface area (Å²) < 4.78 is 43.1. The number of ether oxygens (including phenoxy) is 1. The van der Waals surface area contributed by atoms with Gasteiger partial charge in [-0.05, 0) is 25.2 Å². The summed E-state index contributed by atoms with van der Waals surface area (Å²) in [7, 11) is 1.36. The van der Waals surface area contributed by atoms with E-state index < -0.39 is 36.0 Å². The van der Waals surface area contributed by atoms with Crippen LogP contribution in [0.2, 0.25) is 0 Å². The summed E-state index contributed by atoms with van der Waals surface area (Å²) in [5.74, 6) is -2.43. The zero-order valence-electron chi connectivity index (χ0n) is 13.7. The van der Waals surface area contributed by atoms with E-state index in [1.165, 1.54) is 7.11 Å². The standard InChI is InChI=1S/C15H25F3N2O3/c1-9(2)13(20-12(21)8-23-3)14(22)19-11-6-4-5-10(7-11)15(16,17)18/h9-11,13H,4-8H2,1-3H3,(H,19,22)(H,20,21)/t10?,11?,13-/m0/s1. The number of rotatable bonds is 6. The van der Waals surface area contributed by atoms with Gasteiger partial charge in [0.15, 0.2) is 0 Å². The van der Waals surface area contributed by atoms with Crippen molar-refractivity contribution in [1.29, 1.82) is 0 Å². The third-order valence-electron chi connectivity index (χ3n) is 4.02. The Balaban J connectivity index is 2.62. The third kappa shape index (κ3) is 6.37. The monoisotopic (exact) mass is 338 g/mol. The van der Waals surface area contributed by atoms with Gasteiger partial charge in [-0.2, -0.15) is 13.2 Å². The summed E-state index contributed by atoms with van der Waals surface area (Å²) in [6.45, 7) is 3.35. The van der Waals surface area contributed by atoms with E-state index in [0.29, 0.717) is 12.8 Å². The van der Waals surface area contributed by atoms with E-state index in [4.69, 9.17) is 4.74 Å². The molecular weight excluding hydrogens is 313 g/mol. The van der Waals surface area contributed by atoms with E-state index >= 15 is 0 Å². The van der Waals surface area contributed by atoms with E-state index in [1.54, 1.807) is 13.8 Å². The molecule has 0 spiro atoms. The molecular formula is C15H25F3N2O3. The molecule has 0 heterocycles. The number of carbonyl (C=O) groups is 2. The van der Waals surface area contributed by atoms with Gasteiger partial charge in [0.1, 0.15) is 12.6 Å². The molecule has 1 aliphatic carbocycles. The van der Waals surface area contributed by atoms with Gasteiger partial charge in [0.05, 0.1) is 5.92 Å². The molecule has 1 fully saturated rings. The minimum absolute atomic E-state index is 0.105. The molecule has 1 rings (SSSR count). The molecule has 0 saturated heterocycles. The van der Waals surface area contributed by atoms with Crippen molar-refractivity contribution in [2.24, 2.45) is 11.8 Å². The van der Waals surface area contributed by atoms with Crippen molar-refractivity contribution >= 4 is 11.8 Å². The van der Waals surface area contributed by atoms with Crippen molar-refractivity contribution in [3.05, 3.63) is 0 Å². The van der Waals surface area contributed by atoms with Crippen molar-refractivity contribution in [3.63, 3.8) is 0 Å². The second kappa shape index (κ2) is 8.52. The van der Waals surface area contributed by atoms with Crippen LogP contribution in [0.5, 0.6) is 0 Å². The number of methoxy groups -OCH3 is 1. The van der Waals surface area contributed by atoms with E-state index in [-0.39, 0.29) is 25.4 Å². The lowest BCUT2D eigenvalue weighted by Crippen LogP contribution is -2.53. The van der Waals surface area contributed by atoms with Crippen LogP contribution in [0.25, 0.3) is 0 Å². The molecule has 0 aromatic rings. The minimum Gasteiger partial charge on any atom is -0.375 e. The highest BCUT2D eigenvalue weighted by molar-refractivity contribution is 5.88. The van der Waals surface area contributed by atoms with Crippen LogP contribution < -0.4 is 10.6 Å². The molecule has 8 heteroatoms. The van der Waals surface area contributed by atoms with Gasteiger partial charge >= 0.3 is 6.18 Å². The predicted molar refractivity (Wildman–Crippen MR) is 78.6 cm³/mol. The number of amides is 2. The molecule has 2 unspecified atom stereocenters. The van der Waals surface area contributed by atoms with Crippen LogP contribution in [-0.4, -0.2) is 43.8 Å². The van der Waals surface area contributed by atoms with E-state index in [2.05, 4.69) is 10.6 Å². The fourth-order valence-corrected chi connectivity index (χ4v) is 2.79. The Morgan fingerprint density at radius 1 is 1.26 bits per heavy atom. The zero-order chi connectivity index (χ0) is 17.6. The molecule has 0 radical (unpaired) electrons. The molecule has 1 saturated carbocycles. The smallest absolute Gasteiger partial charge is 0.375 e. The van der Waals surface area contributed by atoms with E-state index in [1.807, 2.05) is 0 Å². The minimum atomic E-state index is -4.23. The van der Waals surface area contributed by atoms with Gasteiger partial charge in [0, 0.05) is 13.2 Å². The Morgan fingerprint density at radius 3 is 2.43 bits per heavy atom. The number of hydrogen-bond acceptors (Lipinski definition) is 3. The number of nitrogens with one attached hydrogen (secondary N) is 2. The van der Waals surface area contributed by atoms with Gasteiger partial charge in [-0.15, -0.1) is 0 Å². The first-order valence-corrected chi connectivity index (χ1v) is 7.80. The van der Waals surface area contributed by atoms with Crippen LogP contribution in [0, 0.1) is 11.8 Å². The summed E-state index contributed by atoms with van der Waals surface area (Å²) in [4.78, 5) is 23.9. The fraction of sp³-hybridized carbons (Fsp3) is 0.867. The molecule has 0 aliphatic heterocycles. The van der Waals surface area contributed by atoms with Crippen LogP contribution in [-0.2, 0) is 14.3 Å². The van der Waals surface area contributed by atoms with Gasteiger partial charge in [0.2, 0.25) is 11.8 Å². The number of hydrogen-bond donors (Lipinski definition) is 2. The maximum Gasteiger partial charge on any atom is 0.391 e. The Kier molecular flexibility index (Phi) is 7.31. The number of carbonyl (C=O) groups excluding carboxylic acids is 2. The highest BCUT2D eigenvalue weighted by atomic mass is 19.4. The Morgan fingerprint density at radius 2 is 1.91 bits per heavy atom. The van der Waals surface area contributed by atoms with Crippen molar-refractivity contribution in [2.75, 3.05) is 13.7 Å². The van der Waals surface area contributed by atoms with Crippen molar-refractivity contribution in [2.45, 2.75) is 57.8 Å². The molecule has 134 valence electrons. The van der Waals surface area contributed by atoms with Crippen LogP contribution in [0.3, 0.4) is 0 Å². The van der Waals surface area contributed by atoms with Gasteiger partial charge in [0.25, 0.3) is 0 Å². The molecule has 2 N–H and O–H groups in total. The van der Waals surface area contributed by atoms with Crippen LogP contribution in [0.4, 0.5) is 13.2 Å². The molecule has 2 amide bonds. The number of halogens is 3. The van der Waals surface area contributed by atoms with Gasteiger partial charge in [-0.1, -0.05) is 20.3 Å². The lowest BCUT2D eigenvalue weighted by Gasteiger charge is -2.32. The first kappa shape index (κ1) is 19.7. The van der Waals surface area contributed by atoms with Gasteiger partial charge in [-0.3, -0.25) is 9.59 Å². The zero-order valence-corrected chi connectivity index (χ0v) is 13.7. The summed E-state index contributed by atoms with van der Waals surface area (Å²) >= 11 is 0. The van der Waals surface area contributed by atoms with E-state index in [0.717, 1.165) is 0 Å². The molecule has 0 aromatic carbocycles. The lowest BCUT2D eigenvalue weighted by atomic mass is 9.85. The van der Waals surface area contributed by atoms with Crippen LogP contribution >= 0.6 is 0 Å². The average Bonchev–Trinajstić information content (AvgIpc) is 2.44. The lowest BCUT2D eigenvalue weighted by molar-refractivity contribution is -0.184. The number of alkyl halides is 3. The van der Waals surface area contributed by atoms with Gasteiger partial charge < -0.3 is 15.4 Å². The summed E-state index contributed by atoms with van der Waals surface area (Å²) in [6.07, 6.45) is -3.28. The summed E-state index contributed by atoms with van der Waals surface area (Å²) in [5, 5.41) is 5.21. The highest BCUT2D eigenvalue weighted by Crippen LogP contribution is 2.37. The first-order chi connectivity index (χ1) is 10.6. The largest absolute Gasteiger partial charge is 0.391 e. The Labute approximate surface area is 134 Å². The Bertz CT molecular complexity index is 413. The fourth-order valence-electron chi connectivity index (χ4n) is 2.79. The molecule has 5 nitrogen and oxygen atoms in total. The molecule has 1 aliphatic rings. The Hall–Kier alpha value is -1.31. The SMILES string of the molecule is COCC(=O)N[C@H](C(=O)NC1CCCC(C(F)(F)F)C1)C(C)C.